The monoisotopic (exact) mass is 348 g/mol. The minimum atomic E-state index is -0.140. The second-order valence-corrected chi connectivity index (χ2v) is 8.70. The minimum Gasteiger partial charge on any atom is -0.350 e. The predicted molar refractivity (Wildman–Crippen MR) is 98.3 cm³/mol. The Morgan fingerprint density at radius 3 is 2.87 bits per heavy atom. The van der Waals surface area contributed by atoms with Gasteiger partial charge in [-0.25, -0.2) is 0 Å². The summed E-state index contributed by atoms with van der Waals surface area (Å²) in [4.78, 5) is 17.6. The van der Waals surface area contributed by atoms with Crippen LogP contribution in [0, 0.1) is 0 Å². The van der Waals surface area contributed by atoms with Crippen LogP contribution in [0.25, 0.3) is 0 Å². The van der Waals surface area contributed by atoms with Gasteiger partial charge in [0.05, 0.1) is 12.6 Å². The average molecular weight is 349 g/mol. The molecule has 0 saturated carbocycles. The van der Waals surface area contributed by atoms with Crippen LogP contribution in [0.15, 0.2) is 29.0 Å². The molecular formula is C18H24N2OS2. The number of amides is 1. The number of hydrogen-bond acceptors (Lipinski definition) is 4. The fraction of sp³-hybridized carbons (Fsp3) is 0.500. The third-order valence-electron chi connectivity index (χ3n) is 4.59. The fourth-order valence-electron chi connectivity index (χ4n) is 3.01. The van der Waals surface area contributed by atoms with E-state index in [0.29, 0.717) is 6.54 Å². The highest BCUT2D eigenvalue weighted by Crippen LogP contribution is 2.39. The van der Waals surface area contributed by atoms with Crippen LogP contribution in [-0.2, 0) is 11.2 Å². The van der Waals surface area contributed by atoms with Crippen molar-refractivity contribution < 1.29 is 4.79 Å². The molecule has 0 spiro atoms. The van der Waals surface area contributed by atoms with Gasteiger partial charge in [0.1, 0.15) is 0 Å². The van der Waals surface area contributed by atoms with Gasteiger partial charge in [0.15, 0.2) is 0 Å². The summed E-state index contributed by atoms with van der Waals surface area (Å²) in [6, 6.07) is 6.73. The molecule has 5 heteroatoms. The van der Waals surface area contributed by atoms with E-state index in [1.807, 2.05) is 11.3 Å². The molecule has 1 amide bonds. The Morgan fingerprint density at radius 2 is 2.17 bits per heavy atom. The molecule has 0 aliphatic carbocycles. The Bertz CT molecular complexity index is 660. The van der Waals surface area contributed by atoms with Crippen LogP contribution in [-0.4, -0.2) is 29.4 Å². The third-order valence-corrected chi connectivity index (χ3v) is 6.51. The Labute approximate surface area is 146 Å². The van der Waals surface area contributed by atoms with Crippen molar-refractivity contribution in [2.45, 2.75) is 45.2 Å². The van der Waals surface area contributed by atoms with Gasteiger partial charge in [-0.3, -0.25) is 9.69 Å². The van der Waals surface area contributed by atoms with Crippen molar-refractivity contribution in [1.29, 1.82) is 0 Å². The molecule has 0 saturated heterocycles. The smallest absolute Gasteiger partial charge is 0.234 e. The largest absolute Gasteiger partial charge is 0.350 e. The standard InChI is InChI=1S/C18H24N2OS2/c1-4-18(2,3)19-16(21)12-20-9-7-14-13(8-11-23-14)17(20)15-6-5-10-22-15/h5-6,8,10-11,17H,4,7,9,12H2,1-3H3,(H,19,21)/t17-/m1/s1. The van der Waals surface area contributed by atoms with Crippen molar-refractivity contribution in [3.63, 3.8) is 0 Å². The van der Waals surface area contributed by atoms with E-state index in [0.717, 1.165) is 19.4 Å². The lowest BCUT2D eigenvalue weighted by molar-refractivity contribution is -0.124. The first kappa shape index (κ1) is 16.7. The summed E-state index contributed by atoms with van der Waals surface area (Å²) in [5.74, 6) is 0.122. The third kappa shape index (κ3) is 3.67. The van der Waals surface area contributed by atoms with E-state index in [-0.39, 0.29) is 17.5 Å². The minimum absolute atomic E-state index is 0.122. The summed E-state index contributed by atoms with van der Waals surface area (Å²) >= 11 is 3.61. The number of thiophene rings is 2. The molecule has 0 aromatic carbocycles. The molecule has 1 aliphatic rings. The van der Waals surface area contributed by atoms with Crippen LogP contribution in [0.4, 0.5) is 0 Å². The maximum Gasteiger partial charge on any atom is 0.234 e. The predicted octanol–water partition coefficient (Wildman–Crippen LogP) is 4.06. The summed E-state index contributed by atoms with van der Waals surface area (Å²) in [6.07, 6.45) is 1.97. The van der Waals surface area contributed by atoms with Gasteiger partial charge < -0.3 is 5.32 Å². The van der Waals surface area contributed by atoms with Gasteiger partial charge in [-0.1, -0.05) is 13.0 Å². The normalized spacial score (nSPS) is 18.7. The molecule has 0 bridgehead atoms. The van der Waals surface area contributed by atoms with Crippen molar-refractivity contribution in [2.75, 3.05) is 13.1 Å². The second kappa shape index (κ2) is 6.75. The molecule has 3 rings (SSSR count). The van der Waals surface area contributed by atoms with Crippen molar-refractivity contribution in [2.24, 2.45) is 0 Å². The molecule has 1 atom stereocenters. The highest BCUT2D eigenvalue weighted by atomic mass is 32.1. The maximum atomic E-state index is 12.5. The lowest BCUT2D eigenvalue weighted by Gasteiger charge is -2.36. The number of carbonyl (C=O) groups is 1. The highest BCUT2D eigenvalue weighted by Gasteiger charge is 2.32. The molecule has 124 valence electrons. The van der Waals surface area contributed by atoms with E-state index in [1.165, 1.54) is 15.3 Å². The number of fused-ring (bicyclic) bond motifs is 1. The van der Waals surface area contributed by atoms with E-state index in [1.54, 1.807) is 11.3 Å². The van der Waals surface area contributed by atoms with E-state index in [9.17, 15) is 4.79 Å². The van der Waals surface area contributed by atoms with Gasteiger partial charge in [0.2, 0.25) is 5.91 Å². The number of nitrogens with one attached hydrogen (secondary N) is 1. The summed E-state index contributed by atoms with van der Waals surface area (Å²) in [7, 11) is 0. The van der Waals surface area contributed by atoms with Crippen molar-refractivity contribution in [3.05, 3.63) is 44.3 Å². The van der Waals surface area contributed by atoms with Crippen molar-refractivity contribution >= 4 is 28.6 Å². The highest BCUT2D eigenvalue weighted by molar-refractivity contribution is 7.10. The molecule has 2 aromatic rings. The quantitative estimate of drug-likeness (QED) is 0.884. The lowest BCUT2D eigenvalue weighted by Crippen LogP contribution is -2.49. The van der Waals surface area contributed by atoms with Crippen LogP contribution < -0.4 is 5.32 Å². The molecule has 0 unspecified atom stereocenters. The first-order valence-electron chi connectivity index (χ1n) is 8.15. The summed E-state index contributed by atoms with van der Waals surface area (Å²) in [5.41, 5.74) is 1.24. The second-order valence-electron chi connectivity index (χ2n) is 6.72. The van der Waals surface area contributed by atoms with E-state index >= 15 is 0 Å². The van der Waals surface area contributed by atoms with Gasteiger partial charge in [0, 0.05) is 21.8 Å². The molecule has 0 radical (unpaired) electrons. The zero-order valence-corrected chi connectivity index (χ0v) is 15.6. The van der Waals surface area contributed by atoms with E-state index in [2.05, 4.69) is 59.9 Å². The molecule has 0 fully saturated rings. The summed E-state index contributed by atoms with van der Waals surface area (Å²) < 4.78 is 0. The Balaban J connectivity index is 1.80. The van der Waals surface area contributed by atoms with Crippen LogP contribution in [0.2, 0.25) is 0 Å². The van der Waals surface area contributed by atoms with Gasteiger partial charge >= 0.3 is 0 Å². The van der Waals surface area contributed by atoms with Crippen LogP contribution in [0.1, 0.15) is 48.6 Å². The number of rotatable bonds is 5. The Morgan fingerprint density at radius 1 is 1.35 bits per heavy atom. The number of hydrogen-bond donors (Lipinski definition) is 1. The average Bonchev–Trinajstić information content (AvgIpc) is 3.17. The van der Waals surface area contributed by atoms with Crippen LogP contribution in [0.5, 0.6) is 0 Å². The molecule has 3 nitrogen and oxygen atoms in total. The molecule has 1 aliphatic heterocycles. The maximum absolute atomic E-state index is 12.5. The number of nitrogens with zero attached hydrogens (tertiary/aromatic N) is 1. The first-order valence-corrected chi connectivity index (χ1v) is 9.91. The van der Waals surface area contributed by atoms with Gasteiger partial charge in [-0.15, -0.1) is 22.7 Å². The Hall–Kier alpha value is -1.17. The molecule has 23 heavy (non-hydrogen) atoms. The molecule has 2 aromatic heterocycles. The molecular weight excluding hydrogens is 324 g/mol. The SMILES string of the molecule is CCC(C)(C)NC(=O)CN1CCc2sccc2[C@@H]1c1cccs1. The molecule has 3 heterocycles. The van der Waals surface area contributed by atoms with Crippen LogP contribution in [0.3, 0.4) is 0 Å². The zero-order valence-electron chi connectivity index (χ0n) is 14.0. The topological polar surface area (TPSA) is 32.3 Å². The summed E-state index contributed by atoms with van der Waals surface area (Å²) in [5, 5.41) is 7.46. The van der Waals surface area contributed by atoms with Crippen molar-refractivity contribution in [3.8, 4) is 0 Å². The van der Waals surface area contributed by atoms with Gasteiger partial charge in [0.25, 0.3) is 0 Å². The van der Waals surface area contributed by atoms with E-state index in [4.69, 9.17) is 0 Å². The van der Waals surface area contributed by atoms with Crippen molar-refractivity contribution in [1.82, 2.24) is 10.2 Å². The van der Waals surface area contributed by atoms with E-state index < -0.39 is 0 Å². The van der Waals surface area contributed by atoms with Gasteiger partial charge in [-0.05, 0) is 55.1 Å². The molecule has 1 N–H and O–H groups in total. The Kier molecular flexibility index (Phi) is 4.90. The zero-order chi connectivity index (χ0) is 16.4. The first-order chi connectivity index (χ1) is 11.0. The summed E-state index contributed by atoms with van der Waals surface area (Å²) in [6.45, 7) is 7.66. The number of carbonyl (C=O) groups excluding carboxylic acids is 1. The van der Waals surface area contributed by atoms with Crippen LogP contribution >= 0.6 is 22.7 Å². The van der Waals surface area contributed by atoms with Gasteiger partial charge in [-0.2, -0.15) is 0 Å². The fourth-order valence-corrected chi connectivity index (χ4v) is 4.79. The lowest BCUT2D eigenvalue weighted by atomic mass is 9.98.